The van der Waals surface area contributed by atoms with Crippen molar-refractivity contribution < 1.29 is 14.0 Å². The normalized spacial score (nSPS) is 10.5. The zero-order chi connectivity index (χ0) is 20.2. The summed E-state index contributed by atoms with van der Waals surface area (Å²) in [4.78, 5) is 29.7. The Morgan fingerprint density at radius 3 is 2.31 bits per heavy atom. The zero-order valence-corrected chi connectivity index (χ0v) is 15.7. The van der Waals surface area contributed by atoms with Gasteiger partial charge in [0.05, 0.1) is 10.6 Å². The largest absolute Gasteiger partial charge is 0.309 e. The van der Waals surface area contributed by atoms with Gasteiger partial charge in [0.2, 0.25) is 5.82 Å². The molecule has 7 nitrogen and oxygen atoms in total. The molecule has 0 bridgehead atoms. The Hall–Kier alpha value is -3.85. The van der Waals surface area contributed by atoms with Crippen LogP contribution in [0.15, 0.2) is 72.1 Å². The second-order valence-electron chi connectivity index (χ2n) is 5.90. The predicted molar refractivity (Wildman–Crippen MR) is 106 cm³/mol. The molecule has 0 radical (unpaired) electrons. The summed E-state index contributed by atoms with van der Waals surface area (Å²) < 4.78 is 14.7. The highest BCUT2D eigenvalue weighted by molar-refractivity contribution is 7.13. The van der Waals surface area contributed by atoms with Gasteiger partial charge >= 0.3 is 5.91 Å². The van der Waals surface area contributed by atoms with Gasteiger partial charge in [-0.25, -0.2) is 14.1 Å². The molecule has 0 spiro atoms. The van der Waals surface area contributed by atoms with Gasteiger partial charge in [-0.1, -0.05) is 24.3 Å². The van der Waals surface area contributed by atoms with Crippen molar-refractivity contribution in [1.29, 1.82) is 0 Å². The van der Waals surface area contributed by atoms with Crippen LogP contribution >= 0.6 is 11.3 Å². The van der Waals surface area contributed by atoms with Gasteiger partial charge in [0, 0.05) is 5.56 Å². The lowest BCUT2D eigenvalue weighted by molar-refractivity contribution is 0.0841. The van der Waals surface area contributed by atoms with Gasteiger partial charge in [-0.2, -0.15) is 0 Å². The van der Waals surface area contributed by atoms with E-state index in [1.807, 2.05) is 17.5 Å². The van der Waals surface area contributed by atoms with Crippen molar-refractivity contribution in [2.45, 2.75) is 0 Å². The van der Waals surface area contributed by atoms with Crippen LogP contribution in [0, 0.1) is 5.82 Å². The number of hydrogen-bond donors (Lipinski definition) is 2. The Labute approximate surface area is 168 Å². The number of aromatic nitrogens is 3. The summed E-state index contributed by atoms with van der Waals surface area (Å²) in [5.41, 5.74) is 5.59. The van der Waals surface area contributed by atoms with Crippen LogP contribution in [0.25, 0.3) is 16.4 Å². The van der Waals surface area contributed by atoms with Crippen LogP contribution in [0.5, 0.6) is 0 Å². The average Bonchev–Trinajstić information content (AvgIpc) is 3.43. The monoisotopic (exact) mass is 407 g/mol. The van der Waals surface area contributed by atoms with E-state index in [0.717, 1.165) is 4.88 Å². The third-order valence-corrected chi connectivity index (χ3v) is 4.81. The lowest BCUT2D eigenvalue weighted by Crippen LogP contribution is -2.42. The minimum atomic E-state index is -0.673. The van der Waals surface area contributed by atoms with Gasteiger partial charge in [-0.15, -0.1) is 16.4 Å². The highest BCUT2D eigenvalue weighted by Crippen LogP contribution is 2.25. The van der Waals surface area contributed by atoms with E-state index in [4.69, 9.17) is 0 Å². The average molecular weight is 407 g/mol. The third kappa shape index (κ3) is 4.04. The van der Waals surface area contributed by atoms with Crippen LogP contribution in [0.4, 0.5) is 4.39 Å². The smallest absolute Gasteiger partial charge is 0.267 e. The van der Waals surface area contributed by atoms with Gasteiger partial charge in [-0.3, -0.25) is 20.4 Å². The van der Waals surface area contributed by atoms with E-state index in [-0.39, 0.29) is 11.6 Å². The number of carbonyl (C=O) groups is 2. The maximum absolute atomic E-state index is 13.3. The second kappa shape index (κ2) is 8.03. The fourth-order valence-electron chi connectivity index (χ4n) is 2.57. The van der Waals surface area contributed by atoms with Gasteiger partial charge in [0.1, 0.15) is 5.82 Å². The molecule has 4 rings (SSSR count). The first-order valence-corrected chi connectivity index (χ1v) is 9.42. The molecule has 9 heteroatoms. The van der Waals surface area contributed by atoms with E-state index < -0.39 is 11.8 Å². The Morgan fingerprint density at radius 1 is 0.897 bits per heavy atom. The summed E-state index contributed by atoms with van der Waals surface area (Å²) in [6.07, 6.45) is 0. The number of hydrogen-bond acceptors (Lipinski definition) is 5. The second-order valence-corrected chi connectivity index (χ2v) is 6.85. The summed E-state index contributed by atoms with van der Waals surface area (Å²) in [6.45, 7) is 0. The van der Waals surface area contributed by atoms with E-state index in [1.54, 1.807) is 42.5 Å². The number of carbonyl (C=O) groups excluding carboxylic acids is 2. The predicted octanol–water partition coefficient (Wildman–Crippen LogP) is 3.21. The Bertz CT molecular complexity index is 1140. The molecule has 2 N–H and O–H groups in total. The summed E-state index contributed by atoms with van der Waals surface area (Å²) in [5.74, 6) is -1.21. The Kier molecular flexibility index (Phi) is 5.12. The van der Waals surface area contributed by atoms with E-state index in [0.29, 0.717) is 17.1 Å². The minimum Gasteiger partial charge on any atom is -0.267 e. The maximum atomic E-state index is 13.3. The molecule has 0 aliphatic heterocycles. The molecule has 0 fully saturated rings. The lowest BCUT2D eigenvalue weighted by Gasteiger charge is -2.05. The zero-order valence-electron chi connectivity index (χ0n) is 14.9. The van der Waals surface area contributed by atoms with Gasteiger partial charge in [-0.05, 0) is 47.8 Å². The number of halogens is 1. The van der Waals surface area contributed by atoms with Crippen LogP contribution in [0.3, 0.4) is 0 Å². The first kappa shape index (κ1) is 18.5. The number of nitrogens with zero attached hydrogens (tertiary/aromatic N) is 3. The van der Waals surface area contributed by atoms with E-state index in [2.05, 4.69) is 20.9 Å². The van der Waals surface area contributed by atoms with Crippen LogP contribution in [-0.2, 0) is 0 Å². The quantitative estimate of drug-likeness (QED) is 0.509. The van der Waals surface area contributed by atoms with Crippen molar-refractivity contribution in [3.63, 3.8) is 0 Å². The SMILES string of the molecule is O=C(NNC(=O)c1nc(-c2cccs2)n(-c2ccc(F)cc2)n1)c1ccccc1. The van der Waals surface area contributed by atoms with Crippen molar-refractivity contribution in [3.8, 4) is 16.4 Å². The van der Waals surface area contributed by atoms with Crippen LogP contribution in [0.1, 0.15) is 21.0 Å². The topological polar surface area (TPSA) is 88.9 Å². The van der Waals surface area contributed by atoms with E-state index >= 15 is 0 Å². The molecule has 144 valence electrons. The highest BCUT2D eigenvalue weighted by atomic mass is 32.1. The third-order valence-electron chi connectivity index (χ3n) is 3.95. The van der Waals surface area contributed by atoms with Crippen molar-refractivity contribution in [3.05, 3.63) is 89.3 Å². The molecule has 2 heterocycles. The number of rotatable bonds is 4. The molecule has 0 saturated heterocycles. The number of benzene rings is 2. The van der Waals surface area contributed by atoms with Crippen molar-refractivity contribution in [2.75, 3.05) is 0 Å². The standard InChI is InChI=1S/C20H14FN5O2S/c21-14-8-10-15(11-9-14)26-18(16-7-4-12-29-16)22-17(25-26)20(28)24-23-19(27)13-5-2-1-3-6-13/h1-12H,(H,23,27)(H,24,28). The fourth-order valence-corrected chi connectivity index (χ4v) is 3.27. The first-order chi connectivity index (χ1) is 14.1. The summed E-state index contributed by atoms with van der Waals surface area (Å²) in [6, 6.07) is 17.8. The molecule has 2 aromatic heterocycles. The van der Waals surface area contributed by atoms with E-state index in [9.17, 15) is 14.0 Å². The Balaban J connectivity index is 1.59. The number of thiophene rings is 1. The molecule has 2 amide bonds. The van der Waals surface area contributed by atoms with E-state index in [1.165, 1.54) is 28.2 Å². The first-order valence-electron chi connectivity index (χ1n) is 8.54. The highest BCUT2D eigenvalue weighted by Gasteiger charge is 2.20. The molecule has 2 aromatic carbocycles. The summed E-state index contributed by atoms with van der Waals surface area (Å²) in [5, 5.41) is 6.12. The molecule has 4 aromatic rings. The van der Waals surface area contributed by atoms with Crippen LogP contribution < -0.4 is 10.9 Å². The fraction of sp³-hybridized carbons (Fsp3) is 0. The number of amides is 2. The Morgan fingerprint density at radius 2 is 1.62 bits per heavy atom. The number of hydrazine groups is 1. The lowest BCUT2D eigenvalue weighted by atomic mass is 10.2. The molecule has 0 aliphatic rings. The summed E-state index contributed by atoms with van der Waals surface area (Å²) in [7, 11) is 0. The molecule has 0 atom stereocenters. The molecule has 0 unspecified atom stereocenters. The van der Waals surface area contributed by atoms with Gasteiger partial charge in [0.15, 0.2) is 5.82 Å². The van der Waals surface area contributed by atoms with Crippen LogP contribution in [0.2, 0.25) is 0 Å². The van der Waals surface area contributed by atoms with Crippen molar-refractivity contribution in [2.24, 2.45) is 0 Å². The van der Waals surface area contributed by atoms with Gasteiger partial charge in [0.25, 0.3) is 5.91 Å². The van der Waals surface area contributed by atoms with Gasteiger partial charge < -0.3 is 0 Å². The summed E-state index contributed by atoms with van der Waals surface area (Å²) >= 11 is 1.43. The molecule has 29 heavy (non-hydrogen) atoms. The molecule has 0 aliphatic carbocycles. The van der Waals surface area contributed by atoms with Crippen molar-refractivity contribution in [1.82, 2.24) is 25.6 Å². The van der Waals surface area contributed by atoms with Crippen LogP contribution in [-0.4, -0.2) is 26.6 Å². The van der Waals surface area contributed by atoms with Crippen molar-refractivity contribution >= 4 is 23.2 Å². The number of nitrogens with one attached hydrogen (secondary N) is 2. The molecular formula is C20H14FN5O2S. The minimum absolute atomic E-state index is 0.133. The molecule has 0 saturated carbocycles. The maximum Gasteiger partial charge on any atom is 0.309 e. The molecular weight excluding hydrogens is 393 g/mol.